The molecule has 0 saturated heterocycles. The van der Waals surface area contributed by atoms with Crippen molar-refractivity contribution in [2.45, 2.75) is 62.4 Å². The average molecular weight is 603 g/mol. The zero-order chi connectivity index (χ0) is 29.6. The molecule has 226 valence electrons. The standard InChI is InChI=1S/C32H38N6O4S/c39-30(26-6-3-17-33-21-26)22-34-18-15-24-7-10-27(11-8-24)38(32-36-31(37-42-32)14-9-23-4-1-2-5-23)43(40,41)28-12-13-29-25(20-28)16-19-35-29/h3,6-8,10-13,17,20-21,23,30,34-35,39H,1-2,4-5,9,14-16,18-19,22H2. The second kappa shape index (κ2) is 13.2. The number of benzene rings is 2. The predicted molar refractivity (Wildman–Crippen MR) is 165 cm³/mol. The zero-order valence-corrected chi connectivity index (χ0v) is 25.0. The molecule has 2 aliphatic rings. The molecule has 0 bridgehead atoms. The summed E-state index contributed by atoms with van der Waals surface area (Å²) in [6.45, 7) is 1.84. The maximum atomic E-state index is 14.1. The quantitative estimate of drug-likeness (QED) is 0.182. The number of nitrogens with one attached hydrogen (secondary N) is 2. The summed E-state index contributed by atoms with van der Waals surface area (Å²) in [7, 11) is -4.05. The Morgan fingerprint density at radius 2 is 1.93 bits per heavy atom. The summed E-state index contributed by atoms with van der Waals surface area (Å²) in [4.78, 5) is 8.79. The van der Waals surface area contributed by atoms with Gasteiger partial charge >= 0.3 is 6.01 Å². The molecule has 1 aliphatic heterocycles. The molecule has 1 atom stereocenters. The minimum absolute atomic E-state index is 0.0566. The number of anilines is 3. The van der Waals surface area contributed by atoms with Gasteiger partial charge in [-0.2, -0.15) is 9.29 Å². The molecule has 3 heterocycles. The SMILES string of the molecule is O=S(=O)(c1ccc2c(c1)CCN2)N(c1ccc(CCNCC(O)c2cccnc2)cc1)c1nc(CCC2CCCC2)no1. The molecule has 43 heavy (non-hydrogen) atoms. The molecule has 4 aromatic rings. The van der Waals surface area contributed by atoms with E-state index in [0.29, 0.717) is 43.4 Å². The Morgan fingerprint density at radius 3 is 2.72 bits per heavy atom. The first-order chi connectivity index (χ1) is 21.0. The average Bonchev–Trinajstić information content (AvgIpc) is 3.82. The monoisotopic (exact) mass is 602 g/mol. The Balaban J connectivity index is 1.18. The first kappa shape index (κ1) is 29.3. The molecule has 11 heteroatoms. The van der Waals surface area contributed by atoms with Gasteiger partial charge in [0.1, 0.15) is 0 Å². The number of aliphatic hydroxyl groups is 1. The first-order valence-corrected chi connectivity index (χ1v) is 16.5. The van der Waals surface area contributed by atoms with Crippen molar-refractivity contribution in [3.8, 4) is 0 Å². The van der Waals surface area contributed by atoms with E-state index in [-0.39, 0.29) is 10.9 Å². The van der Waals surface area contributed by atoms with E-state index in [0.717, 1.165) is 46.1 Å². The minimum atomic E-state index is -4.05. The van der Waals surface area contributed by atoms with Gasteiger partial charge < -0.3 is 20.3 Å². The van der Waals surface area contributed by atoms with Crippen molar-refractivity contribution in [1.82, 2.24) is 20.4 Å². The molecule has 1 aliphatic carbocycles. The number of aryl methyl sites for hydroxylation is 1. The van der Waals surface area contributed by atoms with Gasteiger partial charge in [-0.25, -0.2) is 8.42 Å². The Morgan fingerprint density at radius 1 is 1.09 bits per heavy atom. The van der Waals surface area contributed by atoms with E-state index in [1.54, 1.807) is 42.7 Å². The fourth-order valence-corrected chi connectivity index (χ4v) is 7.34. The summed E-state index contributed by atoms with van der Waals surface area (Å²) >= 11 is 0. The molecule has 10 nitrogen and oxygen atoms in total. The molecule has 6 rings (SSSR count). The number of nitrogens with zero attached hydrogens (tertiary/aromatic N) is 4. The van der Waals surface area contributed by atoms with Crippen LogP contribution in [-0.4, -0.2) is 48.3 Å². The van der Waals surface area contributed by atoms with E-state index < -0.39 is 16.1 Å². The summed E-state index contributed by atoms with van der Waals surface area (Å²) in [5, 5.41) is 21.1. The van der Waals surface area contributed by atoms with Gasteiger partial charge in [-0.05, 0) is 79.3 Å². The summed E-state index contributed by atoms with van der Waals surface area (Å²) in [6.07, 6.45) is 10.8. The molecule has 2 aromatic heterocycles. The van der Waals surface area contributed by atoms with Crippen molar-refractivity contribution in [3.63, 3.8) is 0 Å². The van der Waals surface area contributed by atoms with E-state index >= 15 is 0 Å². The summed E-state index contributed by atoms with van der Waals surface area (Å²) in [6, 6.07) is 16.1. The molecule has 1 unspecified atom stereocenters. The highest BCUT2D eigenvalue weighted by Crippen LogP contribution is 2.34. The summed E-state index contributed by atoms with van der Waals surface area (Å²) < 4.78 is 35.0. The van der Waals surface area contributed by atoms with Crippen LogP contribution in [0, 0.1) is 5.92 Å². The maximum Gasteiger partial charge on any atom is 0.342 e. The van der Waals surface area contributed by atoms with Crippen LogP contribution in [0.4, 0.5) is 17.4 Å². The van der Waals surface area contributed by atoms with Gasteiger partial charge in [-0.15, -0.1) is 0 Å². The highest BCUT2D eigenvalue weighted by molar-refractivity contribution is 7.93. The van der Waals surface area contributed by atoms with Gasteiger partial charge in [0, 0.05) is 43.2 Å². The largest absolute Gasteiger partial charge is 0.387 e. The van der Waals surface area contributed by atoms with Gasteiger partial charge in [0.25, 0.3) is 10.0 Å². The van der Waals surface area contributed by atoms with E-state index in [2.05, 4.69) is 25.8 Å². The Labute approximate surface area is 252 Å². The van der Waals surface area contributed by atoms with Gasteiger partial charge in [-0.3, -0.25) is 4.98 Å². The van der Waals surface area contributed by atoms with Crippen LogP contribution in [0.25, 0.3) is 0 Å². The van der Waals surface area contributed by atoms with Crippen molar-refractivity contribution < 1.29 is 18.0 Å². The number of hydrogen-bond acceptors (Lipinski definition) is 9. The number of aromatic nitrogens is 3. The molecule has 3 N–H and O–H groups in total. The van der Waals surface area contributed by atoms with E-state index in [1.807, 2.05) is 24.3 Å². The van der Waals surface area contributed by atoms with Crippen molar-refractivity contribution in [1.29, 1.82) is 0 Å². The lowest BCUT2D eigenvalue weighted by Crippen LogP contribution is -2.27. The van der Waals surface area contributed by atoms with Gasteiger partial charge in [0.05, 0.1) is 16.7 Å². The third-order valence-electron chi connectivity index (χ3n) is 8.37. The van der Waals surface area contributed by atoms with E-state index in [1.165, 1.54) is 25.7 Å². The number of sulfonamides is 1. The molecule has 0 spiro atoms. The number of fused-ring (bicyclic) bond motifs is 1. The molecule has 2 aromatic carbocycles. The van der Waals surface area contributed by atoms with Crippen LogP contribution in [0.15, 0.2) is 76.4 Å². The minimum Gasteiger partial charge on any atom is -0.387 e. The Kier molecular flexibility index (Phi) is 9.01. The number of rotatable bonds is 13. The van der Waals surface area contributed by atoms with Crippen molar-refractivity contribution in [2.75, 3.05) is 29.3 Å². The summed E-state index contributed by atoms with van der Waals surface area (Å²) in [5.41, 5.74) is 4.15. The second-order valence-electron chi connectivity index (χ2n) is 11.4. The Bertz CT molecular complexity index is 1600. The van der Waals surface area contributed by atoms with Gasteiger partial charge in [0.15, 0.2) is 5.82 Å². The smallest absolute Gasteiger partial charge is 0.342 e. The normalized spacial score (nSPS) is 15.7. The van der Waals surface area contributed by atoms with E-state index in [4.69, 9.17) is 4.52 Å². The molecular weight excluding hydrogens is 564 g/mol. The zero-order valence-electron chi connectivity index (χ0n) is 24.2. The highest BCUT2D eigenvalue weighted by atomic mass is 32.2. The van der Waals surface area contributed by atoms with Crippen molar-refractivity contribution in [2.24, 2.45) is 5.92 Å². The van der Waals surface area contributed by atoms with Crippen LogP contribution in [0.1, 0.15) is 60.7 Å². The molecule has 1 saturated carbocycles. The van der Waals surface area contributed by atoms with E-state index in [9.17, 15) is 13.5 Å². The van der Waals surface area contributed by atoms with Crippen LogP contribution in [0.2, 0.25) is 0 Å². The lowest BCUT2D eigenvalue weighted by Gasteiger charge is -2.21. The van der Waals surface area contributed by atoms with Gasteiger partial charge in [-0.1, -0.05) is 49.0 Å². The lowest BCUT2D eigenvalue weighted by molar-refractivity contribution is 0.174. The molecular formula is C32H38N6O4S. The van der Waals surface area contributed by atoms with Crippen LogP contribution >= 0.6 is 0 Å². The highest BCUT2D eigenvalue weighted by Gasteiger charge is 2.32. The topological polar surface area (TPSA) is 133 Å². The fraction of sp³-hybridized carbons (Fsp3) is 0.406. The van der Waals surface area contributed by atoms with Crippen LogP contribution in [-0.2, 0) is 29.3 Å². The van der Waals surface area contributed by atoms with Crippen LogP contribution in [0.3, 0.4) is 0 Å². The number of hydrogen-bond donors (Lipinski definition) is 3. The first-order valence-electron chi connectivity index (χ1n) is 15.1. The van der Waals surface area contributed by atoms with Crippen molar-refractivity contribution >= 4 is 27.4 Å². The number of pyridine rings is 1. The number of aliphatic hydroxyl groups excluding tert-OH is 1. The summed E-state index contributed by atoms with van der Waals surface area (Å²) in [5.74, 6) is 1.19. The second-order valence-corrected chi connectivity index (χ2v) is 13.2. The van der Waals surface area contributed by atoms with Crippen molar-refractivity contribution in [3.05, 3.63) is 89.5 Å². The Hall–Kier alpha value is -3.80. The third kappa shape index (κ3) is 6.90. The maximum absolute atomic E-state index is 14.1. The third-order valence-corrected chi connectivity index (χ3v) is 10.1. The van der Waals surface area contributed by atoms with Gasteiger partial charge in [0.2, 0.25) is 0 Å². The fourth-order valence-electron chi connectivity index (χ4n) is 5.92. The lowest BCUT2D eigenvalue weighted by atomic mass is 10.0. The predicted octanol–water partition coefficient (Wildman–Crippen LogP) is 4.95. The molecule has 0 radical (unpaired) electrons. The molecule has 1 fully saturated rings. The van der Waals surface area contributed by atoms with Crippen LogP contribution in [0.5, 0.6) is 0 Å². The van der Waals surface area contributed by atoms with Crippen LogP contribution < -0.4 is 14.9 Å². The molecule has 0 amide bonds.